The molecule has 106 valence electrons. The maximum atomic E-state index is 11.5. The highest BCUT2D eigenvalue weighted by Gasteiger charge is 2.17. The van der Waals surface area contributed by atoms with Crippen LogP contribution < -0.4 is 4.74 Å². The summed E-state index contributed by atoms with van der Waals surface area (Å²) in [5.74, 6) is 0.400. The van der Waals surface area contributed by atoms with Gasteiger partial charge in [0.25, 0.3) is 0 Å². The fourth-order valence-corrected chi connectivity index (χ4v) is 2.69. The Labute approximate surface area is 121 Å². The molecule has 5 nitrogen and oxygen atoms in total. The number of esters is 1. The van der Waals surface area contributed by atoms with E-state index in [2.05, 4.69) is 9.97 Å². The average molecular weight is 292 g/mol. The molecule has 0 amide bonds. The Morgan fingerprint density at radius 3 is 2.70 bits per heavy atom. The predicted octanol–water partition coefficient (Wildman–Crippen LogP) is 2.60. The van der Waals surface area contributed by atoms with Crippen LogP contribution in [0.4, 0.5) is 0 Å². The third kappa shape index (κ3) is 2.85. The van der Waals surface area contributed by atoms with Gasteiger partial charge in [0.15, 0.2) is 5.16 Å². The van der Waals surface area contributed by atoms with Crippen molar-refractivity contribution < 1.29 is 14.3 Å². The van der Waals surface area contributed by atoms with Crippen molar-refractivity contribution in [3.05, 3.63) is 23.9 Å². The van der Waals surface area contributed by atoms with E-state index >= 15 is 0 Å². The van der Waals surface area contributed by atoms with Crippen molar-refractivity contribution in [2.45, 2.75) is 24.3 Å². The van der Waals surface area contributed by atoms with Gasteiger partial charge in [0.1, 0.15) is 16.5 Å². The average Bonchev–Trinajstić information content (AvgIpc) is 2.45. The normalized spacial score (nSPS) is 12.2. The maximum absolute atomic E-state index is 11.5. The van der Waals surface area contributed by atoms with Crippen LogP contribution in [0.25, 0.3) is 10.9 Å². The van der Waals surface area contributed by atoms with Crippen LogP contribution in [0.1, 0.15) is 12.6 Å². The topological polar surface area (TPSA) is 61.3 Å². The number of methoxy groups -OCH3 is 2. The molecule has 1 atom stereocenters. The van der Waals surface area contributed by atoms with Crippen molar-refractivity contribution in [1.29, 1.82) is 0 Å². The maximum Gasteiger partial charge on any atom is 0.318 e. The van der Waals surface area contributed by atoms with Gasteiger partial charge < -0.3 is 9.47 Å². The molecule has 1 aromatic heterocycles. The van der Waals surface area contributed by atoms with Crippen LogP contribution in [0.3, 0.4) is 0 Å². The molecule has 0 bridgehead atoms. The molecule has 2 rings (SSSR count). The summed E-state index contributed by atoms with van der Waals surface area (Å²) in [4.78, 5) is 20.4. The van der Waals surface area contributed by atoms with Gasteiger partial charge in [-0.05, 0) is 19.9 Å². The van der Waals surface area contributed by atoms with Crippen LogP contribution in [0, 0.1) is 6.92 Å². The van der Waals surface area contributed by atoms with Crippen molar-refractivity contribution >= 4 is 28.6 Å². The van der Waals surface area contributed by atoms with Crippen molar-refractivity contribution in [2.75, 3.05) is 14.2 Å². The summed E-state index contributed by atoms with van der Waals surface area (Å²) in [6.45, 7) is 3.68. The SMILES string of the molecule is COC(=O)C(C)Sc1nc(C)c2cccc(OC)c2n1. The summed E-state index contributed by atoms with van der Waals surface area (Å²) in [7, 11) is 2.98. The zero-order valence-electron chi connectivity index (χ0n) is 11.8. The summed E-state index contributed by atoms with van der Waals surface area (Å²) in [6.07, 6.45) is 0. The van der Waals surface area contributed by atoms with Crippen LogP contribution in [0.5, 0.6) is 5.75 Å². The molecule has 0 saturated heterocycles. The molecular weight excluding hydrogens is 276 g/mol. The molecule has 0 radical (unpaired) electrons. The van der Waals surface area contributed by atoms with Gasteiger partial charge in [-0.1, -0.05) is 23.9 Å². The van der Waals surface area contributed by atoms with Crippen LogP contribution >= 0.6 is 11.8 Å². The summed E-state index contributed by atoms with van der Waals surface area (Å²) in [5, 5.41) is 1.13. The molecular formula is C14H16N2O3S. The van der Waals surface area contributed by atoms with Crippen LogP contribution in [-0.2, 0) is 9.53 Å². The molecule has 0 aliphatic carbocycles. The van der Waals surface area contributed by atoms with Gasteiger partial charge >= 0.3 is 5.97 Å². The molecule has 0 N–H and O–H groups in total. The van der Waals surface area contributed by atoms with Crippen LogP contribution in [0.2, 0.25) is 0 Å². The van der Waals surface area contributed by atoms with Crippen LogP contribution in [-0.4, -0.2) is 35.4 Å². The number of hydrogen-bond donors (Lipinski definition) is 0. The highest BCUT2D eigenvalue weighted by atomic mass is 32.2. The zero-order valence-corrected chi connectivity index (χ0v) is 12.7. The number of hydrogen-bond acceptors (Lipinski definition) is 6. The van der Waals surface area contributed by atoms with E-state index < -0.39 is 0 Å². The van der Waals surface area contributed by atoms with Gasteiger partial charge in [-0.2, -0.15) is 0 Å². The van der Waals surface area contributed by atoms with Gasteiger partial charge in [-0.25, -0.2) is 9.97 Å². The number of carbonyl (C=O) groups excluding carboxylic acids is 1. The lowest BCUT2D eigenvalue weighted by atomic mass is 10.2. The zero-order chi connectivity index (χ0) is 14.7. The first kappa shape index (κ1) is 14.6. The molecule has 0 fully saturated rings. The minimum atomic E-state index is -0.355. The molecule has 6 heteroatoms. The van der Waals surface area contributed by atoms with Crippen LogP contribution in [0.15, 0.2) is 23.4 Å². The van der Waals surface area contributed by atoms with Crippen molar-refractivity contribution in [1.82, 2.24) is 9.97 Å². The highest BCUT2D eigenvalue weighted by molar-refractivity contribution is 8.00. The number of thioether (sulfide) groups is 1. The number of para-hydroxylation sites is 1. The molecule has 1 aromatic carbocycles. The summed E-state index contributed by atoms with van der Waals surface area (Å²) < 4.78 is 10.0. The minimum Gasteiger partial charge on any atom is -0.494 e. The van der Waals surface area contributed by atoms with Gasteiger partial charge in [0.05, 0.1) is 14.2 Å². The molecule has 1 heterocycles. The van der Waals surface area contributed by atoms with Gasteiger partial charge in [-0.15, -0.1) is 0 Å². The molecule has 0 saturated carbocycles. The van der Waals surface area contributed by atoms with E-state index in [1.54, 1.807) is 14.0 Å². The fraction of sp³-hybridized carbons (Fsp3) is 0.357. The first-order valence-corrected chi connectivity index (χ1v) is 7.00. The Kier molecular flexibility index (Phi) is 4.44. The molecule has 2 aromatic rings. The molecule has 0 aliphatic heterocycles. The minimum absolute atomic E-state index is 0.295. The second-order valence-corrected chi connectivity index (χ2v) is 5.54. The number of carbonyl (C=O) groups is 1. The highest BCUT2D eigenvalue weighted by Crippen LogP contribution is 2.29. The lowest BCUT2D eigenvalue weighted by Gasteiger charge is -2.11. The van der Waals surface area contributed by atoms with Gasteiger partial charge in [0, 0.05) is 11.1 Å². The van der Waals surface area contributed by atoms with E-state index in [0.29, 0.717) is 10.9 Å². The smallest absolute Gasteiger partial charge is 0.318 e. The first-order valence-electron chi connectivity index (χ1n) is 6.12. The summed E-state index contributed by atoms with van der Waals surface area (Å²) in [5.41, 5.74) is 1.61. The first-order chi connectivity index (χ1) is 9.56. The van der Waals surface area contributed by atoms with E-state index in [9.17, 15) is 4.79 Å². The van der Waals surface area contributed by atoms with E-state index in [0.717, 1.165) is 16.6 Å². The number of rotatable bonds is 4. The Bertz CT molecular complexity index is 646. The lowest BCUT2D eigenvalue weighted by molar-refractivity contribution is -0.139. The second-order valence-electron chi connectivity index (χ2n) is 4.23. The largest absolute Gasteiger partial charge is 0.494 e. The number of nitrogens with zero attached hydrogens (tertiary/aromatic N) is 2. The molecule has 0 spiro atoms. The quantitative estimate of drug-likeness (QED) is 0.490. The van der Waals surface area contributed by atoms with E-state index in [1.165, 1.54) is 18.9 Å². The standard InChI is InChI=1S/C14H16N2O3S/c1-8-10-6-5-7-11(18-3)12(10)16-14(15-8)20-9(2)13(17)19-4/h5-7,9H,1-4H3. The molecule has 0 aliphatic rings. The molecule has 20 heavy (non-hydrogen) atoms. The van der Waals surface area contributed by atoms with E-state index in [-0.39, 0.29) is 11.2 Å². The Balaban J connectivity index is 2.43. The van der Waals surface area contributed by atoms with Gasteiger partial charge in [0.2, 0.25) is 0 Å². The summed E-state index contributed by atoms with van der Waals surface area (Å²) >= 11 is 1.27. The lowest BCUT2D eigenvalue weighted by Crippen LogP contribution is -2.15. The van der Waals surface area contributed by atoms with E-state index in [4.69, 9.17) is 9.47 Å². The number of fused-ring (bicyclic) bond motifs is 1. The fourth-order valence-electron chi connectivity index (χ4n) is 1.84. The number of aryl methyl sites for hydroxylation is 1. The predicted molar refractivity (Wildman–Crippen MR) is 78.2 cm³/mol. The Hall–Kier alpha value is -1.82. The van der Waals surface area contributed by atoms with Crippen molar-refractivity contribution in [2.24, 2.45) is 0 Å². The number of ether oxygens (including phenoxy) is 2. The third-order valence-electron chi connectivity index (χ3n) is 2.89. The van der Waals surface area contributed by atoms with Crippen molar-refractivity contribution in [3.63, 3.8) is 0 Å². The monoisotopic (exact) mass is 292 g/mol. The number of benzene rings is 1. The van der Waals surface area contributed by atoms with E-state index in [1.807, 2.05) is 25.1 Å². The van der Waals surface area contributed by atoms with Crippen molar-refractivity contribution in [3.8, 4) is 5.75 Å². The van der Waals surface area contributed by atoms with Gasteiger partial charge in [-0.3, -0.25) is 4.79 Å². The Morgan fingerprint density at radius 1 is 1.30 bits per heavy atom. The number of aromatic nitrogens is 2. The third-order valence-corrected chi connectivity index (χ3v) is 3.83. The second kappa shape index (κ2) is 6.09. The molecule has 1 unspecified atom stereocenters. The summed E-state index contributed by atoms with van der Waals surface area (Å²) in [6, 6.07) is 5.71. The Morgan fingerprint density at radius 2 is 2.05 bits per heavy atom.